The molecule has 0 fully saturated rings. The molecule has 2 rings (SSSR count). The Labute approximate surface area is 148 Å². The predicted octanol–water partition coefficient (Wildman–Crippen LogP) is 2.58. The van der Waals surface area contributed by atoms with Crippen molar-refractivity contribution in [3.05, 3.63) is 34.0 Å². The summed E-state index contributed by atoms with van der Waals surface area (Å²) in [5.74, 6) is -1.95. The van der Waals surface area contributed by atoms with E-state index in [-0.39, 0.29) is 17.9 Å². The Hall–Kier alpha value is -2.68. The van der Waals surface area contributed by atoms with Crippen LogP contribution in [-0.2, 0) is 20.7 Å². The van der Waals surface area contributed by atoms with Crippen molar-refractivity contribution in [2.75, 3.05) is 18.5 Å². The van der Waals surface area contributed by atoms with Crippen LogP contribution in [0.4, 0.5) is 5.00 Å². The summed E-state index contributed by atoms with van der Waals surface area (Å²) in [4.78, 5) is 36.6. The molecule has 9 heteroatoms. The Morgan fingerprint density at radius 2 is 1.96 bits per heavy atom. The standard InChI is InChI=1S/C16H18N2O6S/c1-4-10-7-11(15(20)22-5-2)14(25-10)17-13(19)8-23-16(21)12-6-9(3)18-24-12/h6-7H,4-5,8H2,1-3H3,(H,17,19). The molecule has 0 aliphatic rings. The van der Waals surface area contributed by atoms with Gasteiger partial charge in [0, 0.05) is 10.9 Å². The minimum absolute atomic E-state index is 0.0816. The molecule has 1 N–H and O–H groups in total. The number of carbonyl (C=O) groups excluding carboxylic acids is 3. The number of thiophene rings is 1. The summed E-state index contributed by atoms with van der Waals surface area (Å²) in [7, 11) is 0. The molecule has 2 aromatic rings. The predicted molar refractivity (Wildman–Crippen MR) is 89.8 cm³/mol. The fraction of sp³-hybridized carbons (Fsp3) is 0.375. The van der Waals surface area contributed by atoms with E-state index in [0.717, 1.165) is 4.88 Å². The van der Waals surface area contributed by atoms with E-state index >= 15 is 0 Å². The van der Waals surface area contributed by atoms with E-state index < -0.39 is 24.5 Å². The fourth-order valence-electron chi connectivity index (χ4n) is 1.89. The van der Waals surface area contributed by atoms with E-state index in [4.69, 9.17) is 14.0 Å². The molecule has 0 saturated carbocycles. The number of ether oxygens (including phenoxy) is 2. The molecule has 2 aromatic heterocycles. The summed E-state index contributed by atoms with van der Waals surface area (Å²) in [6.07, 6.45) is 0.715. The van der Waals surface area contributed by atoms with Crippen LogP contribution in [0.3, 0.4) is 0 Å². The maximum Gasteiger partial charge on any atom is 0.377 e. The summed E-state index contributed by atoms with van der Waals surface area (Å²) in [6.45, 7) is 5.02. The average Bonchev–Trinajstić information content (AvgIpc) is 3.19. The minimum atomic E-state index is -0.790. The van der Waals surface area contributed by atoms with Gasteiger partial charge in [-0.2, -0.15) is 0 Å². The van der Waals surface area contributed by atoms with Crippen LogP contribution < -0.4 is 5.32 Å². The zero-order valence-electron chi connectivity index (χ0n) is 14.1. The van der Waals surface area contributed by atoms with E-state index in [2.05, 4.69) is 10.5 Å². The van der Waals surface area contributed by atoms with Gasteiger partial charge in [0.1, 0.15) is 5.00 Å². The van der Waals surface area contributed by atoms with Gasteiger partial charge in [-0.05, 0) is 26.3 Å². The number of anilines is 1. The molecule has 2 heterocycles. The molecule has 25 heavy (non-hydrogen) atoms. The van der Waals surface area contributed by atoms with E-state index in [1.165, 1.54) is 17.4 Å². The van der Waals surface area contributed by atoms with Crippen molar-refractivity contribution in [3.63, 3.8) is 0 Å². The number of amides is 1. The van der Waals surface area contributed by atoms with Gasteiger partial charge in [-0.3, -0.25) is 4.79 Å². The van der Waals surface area contributed by atoms with Gasteiger partial charge < -0.3 is 19.3 Å². The summed E-state index contributed by atoms with van der Waals surface area (Å²) < 4.78 is 14.6. The van der Waals surface area contributed by atoms with Crippen LogP contribution >= 0.6 is 11.3 Å². The number of hydrogen-bond acceptors (Lipinski definition) is 8. The van der Waals surface area contributed by atoms with Gasteiger partial charge in [0.15, 0.2) is 6.61 Å². The largest absolute Gasteiger partial charge is 0.462 e. The number of rotatable bonds is 7. The second-order valence-corrected chi connectivity index (χ2v) is 6.12. The minimum Gasteiger partial charge on any atom is -0.462 e. The number of nitrogens with one attached hydrogen (secondary N) is 1. The summed E-state index contributed by atoms with van der Waals surface area (Å²) in [5.41, 5.74) is 0.815. The maximum absolute atomic E-state index is 12.0. The fourth-order valence-corrected chi connectivity index (χ4v) is 2.89. The van der Waals surface area contributed by atoms with Crippen LogP contribution in [0, 0.1) is 6.92 Å². The third kappa shape index (κ3) is 4.90. The van der Waals surface area contributed by atoms with E-state index in [9.17, 15) is 14.4 Å². The molecule has 0 bridgehead atoms. The molecule has 1 amide bonds. The van der Waals surface area contributed by atoms with Gasteiger partial charge in [-0.15, -0.1) is 11.3 Å². The first-order chi connectivity index (χ1) is 11.9. The molecule has 0 radical (unpaired) electrons. The van der Waals surface area contributed by atoms with Crippen LogP contribution in [0.25, 0.3) is 0 Å². The topological polar surface area (TPSA) is 108 Å². The number of aromatic nitrogens is 1. The highest BCUT2D eigenvalue weighted by molar-refractivity contribution is 7.16. The highest BCUT2D eigenvalue weighted by Crippen LogP contribution is 2.29. The molecule has 134 valence electrons. The van der Waals surface area contributed by atoms with E-state index in [1.54, 1.807) is 19.9 Å². The first-order valence-electron chi connectivity index (χ1n) is 7.64. The lowest BCUT2D eigenvalue weighted by molar-refractivity contribution is -0.119. The quantitative estimate of drug-likeness (QED) is 0.750. The first-order valence-corrected chi connectivity index (χ1v) is 8.46. The molecular formula is C16H18N2O6S. The Bertz CT molecular complexity index is 779. The van der Waals surface area contributed by atoms with Crippen molar-refractivity contribution >= 4 is 34.2 Å². The smallest absolute Gasteiger partial charge is 0.377 e. The van der Waals surface area contributed by atoms with Crippen molar-refractivity contribution in [2.24, 2.45) is 0 Å². The molecule has 0 unspecified atom stereocenters. The number of esters is 2. The van der Waals surface area contributed by atoms with Crippen LogP contribution in [-0.4, -0.2) is 36.2 Å². The zero-order valence-corrected chi connectivity index (χ0v) is 14.9. The number of nitrogens with zero attached hydrogens (tertiary/aromatic N) is 1. The lowest BCUT2D eigenvalue weighted by Gasteiger charge is -2.06. The second kappa shape index (κ2) is 8.43. The lowest BCUT2D eigenvalue weighted by Crippen LogP contribution is -2.21. The molecule has 0 aromatic carbocycles. The lowest BCUT2D eigenvalue weighted by atomic mass is 10.2. The van der Waals surface area contributed by atoms with Crippen molar-refractivity contribution < 1.29 is 28.4 Å². The van der Waals surface area contributed by atoms with Gasteiger partial charge >= 0.3 is 11.9 Å². The SMILES string of the molecule is CCOC(=O)c1cc(CC)sc1NC(=O)COC(=O)c1cc(C)no1. The molecular weight excluding hydrogens is 348 g/mol. The van der Waals surface area contributed by atoms with Gasteiger partial charge in [-0.1, -0.05) is 12.1 Å². The van der Waals surface area contributed by atoms with Gasteiger partial charge in [0.25, 0.3) is 5.91 Å². The zero-order chi connectivity index (χ0) is 18.4. The first kappa shape index (κ1) is 18.7. The Morgan fingerprint density at radius 1 is 1.20 bits per heavy atom. The van der Waals surface area contributed by atoms with Crippen LogP contribution in [0.5, 0.6) is 0 Å². The van der Waals surface area contributed by atoms with Gasteiger partial charge in [0.2, 0.25) is 5.76 Å². The second-order valence-electron chi connectivity index (χ2n) is 4.99. The number of carbonyl (C=O) groups is 3. The number of aryl methyl sites for hydroxylation is 2. The third-order valence-corrected chi connectivity index (χ3v) is 4.24. The maximum atomic E-state index is 12.0. The van der Waals surface area contributed by atoms with Crippen molar-refractivity contribution in [2.45, 2.75) is 27.2 Å². The van der Waals surface area contributed by atoms with E-state index in [0.29, 0.717) is 17.1 Å². The molecule has 0 aliphatic carbocycles. The Balaban J connectivity index is 1.98. The number of hydrogen-bond donors (Lipinski definition) is 1. The van der Waals surface area contributed by atoms with Crippen LogP contribution in [0.2, 0.25) is 0 Å². The monoisotopic (exact) mass is 366 g/mol. The molecule has 0 saturated heterocycles. The average molecular weight is 366 g/mol. The van der Waals surface area contributed by atoms with Crippen molar-refractivity contribution in [3.8, 4) is 0 Å². The summed E-state index contributed by atoms with van der Waals surface area (Å²) >= 11 is 1.27. The summed E-state index contributed by atoms with van der Waals surface area (Å²) in [6, 6.07) is 3.09. The van der Waals surface area contributed by atoms with Gasteiger partial charge in [0.05, 0.1) is 17.9 Å². The van der Waals surface area contributed by atoms with Crippen LogP contribution in [0.1, 0.15) is 45.3 Å². The molecule has 0 atom stereocenters. The highest BCUT2D eigenvalue weighted by Gasteiger charge is 2.20. The van der Waals surface area contributed by atoms with Crippen molar-refractivity contribution in [1.82, 2.24) is 5.16 Å². The molecule has 0 aliphatic heterocycles. The molecule has 0 spiro atoms. The summed E-state index contributed by atoms with van der Waals surface area (Å²) in [5, 5.41) is 6.51. The normalized spacial score (nSPS) is 10.4. The van der Waals surface area contributed by atoms with E-state index in [1.807, 2.05) is 6.92 Å². The Morgan fingerprint density at radius 3 is 2.56 bits per heavy atom. The third-order valence-electron chi connectivity index (χ3n) is 3.04. The van der Waals surface area contributed by atoms with Gasteiger partial charge in [-0.25, -0.2) is 9.59 Å². The van der Waals surface area contributed by atoms with Crippen molar-refractivity contribution in [1.29, 1.82) is 0 Å². The Kier molecular flexibility index (Phi) is 6.29. The van der Waals surface area contributed by atoms with Crippen LogP contribution in [0.15, 0.2) is 16.7 Å². The molecule has 8 nitrogen and oxygen atoms in total. The highest BCUT2D eigenvalue weighted by atomic mass is 32.1.